The van der Waals surface area contributed by atoms with Crippen LogP contribution in [0.4, 0.5) is 0 Å². The molecule has 0 atom stereocenters. The summed E-state index contributed by atoms with van der Waals surface area (Å²) in [6.45, 7) is 6.29. The van der Waals surface area contributed by atoms with Gasteiger partial charge in [-0.1, -0.05) is 11.8 Å². The Bertz CT molecular complexity index is 269. The van der Waals surface area contributed by atoms with Gasteiger partial charge < -0.3 is 0 Å². The van der Waals surface area contributed by atoms with Crippen LogP contribution in [0.15, 0.2) is 11.6 Å². The first-order valence-corrected chi connectivity index (χ1v) is 4.34. The first-order valence-electron chi connectivity index (χ1n) is 3.50. The van der Waals surface area contributed by atoms with Gasteiger partial charge in [0, 0.05) is 10.8 Å². The average Bonchev–Trinajstić information content (AvgIpc) is 2.32. The molecule has 0 bridgehead atoms. The zero-order chi connectivity index (χ0) is 8.32. The van der Waals surface area contributed by atoms with Gasteiger partial charge in [-0.2, -0.15) is 4.37 Å². The molecule has 1 nitrogen and oxygen atoms in total. The van der Waals surface area contributed by atoms with Crippen LogP contribution in [0, 0.1) is 17.3 Å². The maximum Gasteiger partial charge on any atom is 0.0563 e. The van der Waals surface area contributed by atoms with Crippen LogP contribution in [0.2, 0.25) is 0 Å². The Kier molecular flexibility index (Phi) is 2.31. The molecule has 1 rings (SSSR count). The summed E-state index contributed by atoms with van der Waals surface area (Å²) in [5.74, 6) is 6.20. The minimum absolute atomic E-state index is 0.0853. The fourth-order valence-corrected chi connectivity index (χ4v) is 0.995. The summed E-state index contributed by atoms with van der Waals surface area (Å²) in [7, 11) is 0. The van der Waals surface area contributed by atoms with E-state index in [1.165, 1.54) is 11.5 Å². The molecule has 0 spiro atoms. The summed E-state index contributed by atoms with van der Waals surface area (Å²) in [5, 5.41) is 1.96. The topological polar surface area (TPSA) is 12.9 Å². The third-order valence-electron chi connectivity index (χ3n) is 1.01. The van der Waals surface area contributed by atoms with Crippen molar-refractivity contribution in [3.63, 3.8) is 0 Å². The van der Waals surface area contributed by atoms with E-state index in [-0.39, 0.29) is 5.41 Å². The molecule has 0 saturated carbocycles. The molecule has 58 valence electrons. The fraction of sp³-hybridized carbons (Fsp3) is 0.444. The van der Waals surface area contributed by atoms with Crippen LogP contribution in [-0.4, -0.2) is 4.37 Å². The largest absolute Gasteiger partial charge is 0.200 e. The summed E-state index contributed by atoms with van der Waals surface area (Å²) in [5.41, 5.74) is 1.10. The standard InChI is InChI=1S/C9H11NS/c1-9(2,3)5-4-8-6-10-11-7-8/h6-7H,1-3H3. The Morgan fingerprint density at radius 2 is 2.18 bits per heavy atom. The molecule has 0 amide bonds. The molecule has 0 fully saturated rings. The van der Waals surface area contributed by atoms with Crippen molar-refractivity contribution >= 4 is 11.5 Å². The molecular weight excluding hydrogens is 154 g/mol. The van der Waals surface area contributed by atoms with Crippen molar-refractivity contribution in [1.82, 2.24) is 4.37 Å². The first-order chi connectivity index (χ1) is 5.08. The van der Waals surface area contributed by atoms with Crippen LogP contribution >= 0.6 is 11.5 Å². The Balaban J connectivity index is 2.74. The molecule has 0 aromatic carbocycles. The Morgan fingerprint density at radius 3 is 2.64 bits per heavy atom. The molecule has 2 heteroatoms. The van der Waals surface area contributed by atoms with Gasteiger partial charge in [-0.25, -0.2) is 0 Å². The molecule has 0 N–H and O–H groups in total. The van der Waals surface area contributed by atoms with Crippen LogP contribution in [-0.2, 0) is 0 Å². The maximum atomic E-state index is 3.96. The van der Waals surface area contributed by atoms with E-state index in [2.05, 4.69) is 37.0 Å². The molecule has 0 radical (unpaired) electrons. The highest BCUT2D eigenvalue weighted by atomic mass is 32.1. The predicted molar refractivity (Wildman–Crippen MR) is 48.4 cm³/mol. The molecule has 11 heavy (non-hydrogen) atoms. The first kappa shape index (κ1) is 8.29. The monoisotopic (exact) mass is 165 g/mol. The number of rotatable bonds is 0. The van der Waals surface area contributed by atoms with E-state index in [9.17, 15) is 0 Å². The van der Waals surface area contributed by atoms with E-state index in [4.69, 9.17) is 0 Å². The van der Waals surface area contributed by atoms with Gasteiger partial charge in [-0.3, -0.25) is 0 Å². The maximum absolute atomic E-state index is 3.96. The lowest BCUT2D eigenvalue weighted by molar-refractivity contribution is 0.571. The summed E-state index contributed by atoms with van der Waals surface area (Å²) < 4.78 is 3.96. The average molecular weight is 165 g/mol. The highest BCUT2D eigenvalue weighted by Crippen LogP contribution is 2.10. The molecule has 1 aromatic rings. The third kappa shape index (κ3) is 3.20. The highest BCUT2D eigenvalue weighted by Gasteiger charge is 2.03. The van der Waals surface area contributed by atoms with Crippen LogP contribution in [0.25, 0.3) is 0 Å². The lowest BCUT2D eigenvalue weighted by atomic mass is 9.98. The highest BCUT2D eigenvalue weighted by molar-refractivity contribution is 7.03. The third-order valence-corrected chi connectivity index (χ3v) is 1.60. The van der Waals surface area contributed by atoms with Gasteiger partial charge in [0.15, 0.2) is 0 Å². The Hall–Kier alpha value is -0.810. The molecule has 0 saturated heterocycles. The normalized spacial score (nSPS) is 10.5. The van der Waals surface area contributed by atoms with Crippen molar-refractivity contribution in [2.75, 3.05) is 0 Å². The van der Waals surface area contributed by atoms with Gasteiger partial charge >= 0.3 is 0 Å². The van der Waals surface area contributed by atoms with Crippen molar-refractivity contribution < 1.29 is 0 Å². The number of hydrogen-bond donors (Lipinski definition) is 0. The number of hydrogen-bond acceptors (Lipinski definition) is 2. The minimum atomic E-state index is 0.0853. The molecule has 0 aliphatic rings. The Labute approximate surface area is 71.6 Å². The SMILES string of the molecule is CC(C)(C)C#Cc1cnsc1. The molecular formula is C9H11NS. The fourth-order valence-electron chi connectivity index (χ4n) is 0.526. The van der Waals surface area contributed by atoms with Crippen molar-refractivity contribution in [2.45, 2.75) is 20.8 Å². The van der Waals surface area contributed by atoms with Gasteiger partial charge in [0.1, 0.15) is 0 Å². The second-order valence-corrected chi connectivity index (χ2v) is 4.07. The smallest absolute Gasteiger partial charge is 0.0563 e. The van der Waals surface area contributed by atoms with E-state index < -0.39 is 0 Å². The van der Waals surface area contributed by atoms with Gasteiger partial charge in [0.2, 0.25) is 0 Å². The Morgan fingerprint density at radius 1 is 1.45 bits per heavy atom. The van der Waals surface area contributed by atoms with E-state index in [0.717, 1.165) is 5.56 Å². The summed E-state index contributed by atoms with van der Waals surface area (Å²) in [6.07, 6.45) is 1.80. The minimum Gasteiger partial charge on any atom is -0.200 e. The van der Waals surface area contributed by atoms with Gasteiger partial charge in [-0.05, 0) is 32.3 Å². The van der Waals surface area contributed by atoms with E-state index in [1.54, 1.807) is 6.20 Å². The van der Waals surface area contributed by atoms with E-state index in [1.807, 2.05) is 5.38 Å². The summed E-state index contributed by atoms with van der Waals surface area (Å²) in [6, 6.07) is 0. The van der Waals surface area contributed by atoms with Crippen LogP contribution < -0.4 is 0 Å². The van der Waals surface area contributed by atoms with Crippen LogP contribution in [0.5, 0.6) is 0 Å². The zero-order valence-corrected chi connectivity index (χ0v) is 7.83. The van der Waals surface area contributed by atoms with E-state index >= 15 is 0 Å². The lowest BCUT2D eigenvalue weighted by Crippen LogP contribution is -1.99. The van der Waals surface area contributed by atoms with E-state index in [0.29, 0.717) is 0 Å². The second kappa shape index (κ2) is 3.06. The number of aromatic nitrogens is 1. The van der Waals surface area contributed by atoms with Gasteiger partial charge in [0.05, 0.1) is 11.8 Å². The van der Waals surface area contributed by atoms with Gasteiger partial charge in [-0.15, -0.1) is 0 Å². The molecule has 1 heterocycles. The van der Waals surface area contributed by atoms with Crippen molar-refractivity contribution in [3.05, 3.63) is 17.1 Å². The predicted octanol–water partition coefficient (Wildman–Crippen LogP) is 2.54. The summed E-state index contributed by atoms with van der Waals surface area (Å²) in [4.78, 5) is 0. The van der Waals surface area contributed by atoms with Crippen molar-refractivity contribution in [2.24, 2.45) is 5.41 Å². The van der Waals surface area contributed by atoms with Crippen molar-refractivity contribution in [1.29, 1.82) is 0 Å². The molecule has 0 unspecified atom stereocenters. The molecule has 0 aliphatic carbocycles. The molecule has 0 aliphatic heterocycles. The van der Waals surface area contributed by atoms with Crippen molar-refractivity contribution in [3.8, 4) is 11.8 Å². The zero-order valence-electron chi connectivity index (χ0n) is 7.01. The summed E-state index contributed by atoms with van der Waals surface area (Å²) >= 11 is 1.44. The van der Waals surface area contributed by atoms with Crippen LogP contribution in [0.1, 0.15) is 26.3 Å². The molecule has 1 aromatic heterocycles. The lowest BCUT2D eigenvalue weighted by Gasteiger charge is -2.06. The van der Waals surface area contributed by atoms with Gasteiger partial charge in [0.25, 0.3) is 0 Å². The second-order valence-electron chi connectivity index (χ2n) is 3.41. The quantitative estimate of drug-likeness (QED) is 0.538. The number of nitrogens with zero attached hydrogens (tertiary/aromatic N) is 1. The van der Waals surface area contributed by atoms with Crippen LogP contribution in [0.3, 0.4) is 0 Å².